The molecule has 0 radical (unpaired) electrons. The summed E-state index contributed by atoms with van der Waals surface area (Å²) in [6.45, 7) is 4.50. The highest BCUT2D eigenvalue weighted by Crippen LogP contribution is 2.37. The largest absolute Gasteiger partial charge is 0.480 e. The molecule has 0 bridgehead atoms. The number of benzene rings is 1. The van der Waals surface area contributed by atoms with Gasteiger partial charge in [-0.2, -0.15) is 0 Å². The van der Waals surface area contributed by atoms with Gasteiger partial charge in [0.05, 0.1) is 25.8 Å². The highest BCUT2D eigenvalue weighted by atomic mass is 16.5. The van der Waals surface area contributed by atoms with Crippen molar-refractivity contribution in [2.45, 2.75) is 50.6 Å². The van der Waals surface area contributed by atoms with Gasteiger partial charge >= 0.3 is 0 Å². The monoisotopic (exact) mass is 394 g/mol. The number of aromatic nitrogens is 1. The Morgan fingerprint density at radius 3 is 3.00 bits per heavy atom. The summed E-state index contributed by atoms with van der Waals surface area (Å²) in [6, 6.07) is 9.97. The fourth-order valence-corrected chi connectivity index (χ4v) is 4.58. The van der Waals surface area contributed by atoms with E-state index in [1.807, 2.05) is 48.5 Å². The zero-order chi connectivity index (χ0) is 19.8. The lowest BCUT2D eigenvalue weighted by molar-refractivity contribution is -0.205. The van der Waals surface area contributed by atoms with Crippen LogP contribution in [0.2, 0.25) is 0 Å². The average molecular weight is 394 g/mol. The Labute approximate surface area is 170 Å². The predicted octanol–water partition coefficient (Wildman–Crippen LogP) is 2.67. The highest BCUT2D eigenvalue weighted by Gasteiger charge is 2.51. The molecule has 3 aliphatic heterocycles. The molecule has 2 atom stereocenters. The third-order valence-corrected chi connectivity index (χ3v) is 6.06. The molecule has 29 heavy (non-hydrogen) atoms. The van der Waals surface area contributed by atoms with E-state index < -0.39 is 6.10 Å². The van der Waals surface area contributed by atoms with E-state index in [0.29, 0.717) is 32.7 Å². The number of pyridine rings is 1. The van der Waals surface area contributed by atoms with Crippen molar-refractivity contribution >= 4 is 5.91 Å². The molecule has 5 rings (SSSR count). The molecule has 2 saturated heterocycles. The molecule has 0 N–H and O–H groups in total. The van der Waals surface area contributed by atoms with Crippen LogP contribution in [0.4, 0.5) is 0 Å². The second kappa shape index (κ2) is 7.43. The Bertz CT molecular complexity index is 884. The van der Waals surface area contributed by atoms with Crippen molar-refractivity contribution in [3.05, 3.63) is 59.4 Å². The van der Waals surface area contributed by atoms with E-state index in [1.54, 1.807) is 0 Å². The molecule has 1 aromatic heterocycles. The van der Waals surface area contributed by atoms with Crippen molar-refractivity contribution in [1.29, 1.82) is 0 Å². The zero-order valence-corrected chi connectivity index (χ0v) is 16.7. The first-order chi connectivity index (χ1) is 14.1. The van der Waals surface area contributed by atoms with Crippen LogP contribution in [0.1, 0.15) is 29.5 Å². The van der Waals surface area contributed by atoms with Crippen molar-refractivity contribution in [2.24, 2.45) is 0 Å². The minimum atomic E-state index is -0.408. The minimum absolute atomic E-state index is 0.0595. The number of likely N-dealkylation sites (tertiary alicyclic amines) is 1. The number of amides is 1. The number of carbonyl (C=O) groups excluding carboxylic acids is 1. The van der Waals surface area contributed by atoms with Gasteiger partial charge in [0.15, 0.2) is 6.10 Å². The van der Waals surface area contributed by atoms with E-state index in [2.05, 4.69) is 11.1 Å². The van der Waals surface area contributed by atoms with Gasteiger partial charge in [-0.05, 0) is 36.1 Å². The SMILES string of the molecule is Cc1cncc(CO[C@@H]2CCOC3(C2)CN(C(=O)[C@@H]2Cc4ccccc4O2)C3)c1. The summed E-state index contributed by atoms with van der Waals surface area (Å²) in [7, 11) is 0. The number of fused-ring (bicyclic) bond motifs is 1. The second-order valence-corrected chi connectivity index (χ2v) is 8.44. The molecular formula is C23H26N2O4. The van der Waals surface area contributed by atoms with Crippen LogP contribution in [-0.4, -0.2) is 53.3 Å². The molecule has 0 saturated carbocycles. The summed E-state index contributed by atoms with van der Waals surface area (Å²) in [5.41, 5.74) is 3.07. The van der Waals surface area contributed by atoms with Crippen molar-refractivity contribution < 1.29 is 19.0 Å². The maximum atomic E-state index is 12.9. The quantitative estimate of drug-likeness (QED) is 0.798. The Balaban J connectivity index is 1.14. The summed E-state index contributed by atoms with van der Waals surface area (Å²) >= 11 is 0. The Morgan fingerprint density at radius 1 is 1.31 bits per heavy atom. The molecule has 2 aromatic rings. The number of hydrogen-bond acceptors (Lipinski definition) is 5. The molecule has 2 fully saturated rings. The van der Waals surface area contributed by atoms with E-state index in [0.717, 1.165) is 35.3 Å². The normalized spacial score (nSPS) is 24.7. The van der Waals surface area contributed by atoms with E-state index in [9.17, 15) is 4.79 Å². The van der Waals surface area contributed by atoms with Gasteiger partial charge in [-0.3, -0.25) is 9.78 Å². The summed E-state index contributed by atoms with van der Waals surface area (Å²) in [5.74, 6) is 0.887. The fourth-order valence-electron chi connectivity index (χ4n) is 4.58. The smallest absolute Gasteiger partial charge is 0.264 e. The van der Waals surface area contributed by atoms with Crippen LogP contribution in [0.15, 0.2) is 42.7 Å². The van der Waals surface area contributed by atoms with E-state index in [1.165, 1.54) is 0 Å². The lowest BCUT2D eigenvalue weighted by Crippen LogP contribution is -2.68. The summed E-state index contributed by atoms with van der Waals surface area (Å²) in [5, 5.41) is 0. The van der Waals surface area contributed by atoms with Crippen LogP contribution in [0.25, 0.3) is 0 Å². The molecular weight excluding hydrogens is 368 g/mol. The molecule has 152 valence electrons. The number of aryl methyl sites for hydroxylation is 1. The summed E-state index contributed by atoms with van der Waals surface area (Å²) in [6.07, 6.45) is 5.79. The first-order valence-corrected chi connectivity index (χ1v) is 10.3. The van der Waals surface area contributed by atoms with Crippen LogP contribution in [0.5, 0.6) is 5.75 Å². The first-order valence-electron chi connectivity index (χ1n) is 10.3. The summed E-state index contributed by atoms with van der Waals surface area (Å²) < 4.78 is 18.1. The Morgan fingerprint density at radius 2 is 2.17 bits per heavy atom. The number of rotatable bonds is 4. The van der Waals surface area contributed by atoms with Gasteiger partial charge in [-0.25, -0.2) is 0 Å². The van der Waals surface area contributed by atoms with Crippen molar-refractivity contribution in [3.8, 4) is 5.75 Å². The topological polar surface area (TPSA) is 60.9 Å². The van der Waals surface area contributed by atoms with Gasteiger partial charge in [-0.15, -0.1) is 0 Å². The van der Waals surface area contributed by atoms with Crippen molar-refractivity contribution in [1.82, 2.24) is 9.88 Å². The highest BCUT2D eigenvalue weighted by molar-refractivity contribution is 5.83. The molecule has 1 spiro atoms. The standard InChI is InChI=1S/C23H26N2O4/c1-16-8-17(12-24-11-16)13-27-19-6-7-28-23(10-19)14-25(15-23)22(26)21-9-18-4-2-3-5-20(18)29-21/h2-5,8,11-12,19,21H,6-7,9-10,13-15H2,1H3/t19-,21+/m1/s1. The maximum absolute atomic E-state index is 12.9. The number of carbonyl (C=O) groups is 1. The van der Waals surface area contributed by atoms with E-state index in [4.69, 9.17) is 14.2 Å². The second-order valence-electron chi connectivity index (χ2n) is 8.44. The van der Waals surface area contributed by atoms with Crippen LogP contribution >= 0.6 is 0 Å². The molecule has 3 aliphatic rings. The predicted molar refractivity (Wildman–Crippen MR) is 107 cm³/mol. The molecule has 1 aromatic carbocycles. The number of hydrogen-bond donors (Lipinski definition) is 0. The van der Waals surface area contributed by atoms with Crippen molar-refractivity contribution in [2.75, 3.05) is 19.7 Å². The van der Waals surface area contributed by atoms with Gasteiger partial charge in [0.25, 0.3) is 5.91 Å². The third kappa shape index (κ3) is 3.74. The molecule has 4 heterocycles. The zero-order valence-electron chi connectivity index (χ0n) is 16.7. The fraction of sp³-hybridized carbons (Fsp3) is 0.478. The Kier molecular flexibility index (Phi) is 4.76. The summed E-state index contributed by atoms with van der Waals surface area (Å²) in [4.78, 5) is 18.9. The van der Waals surface area contributed by atoms with Gasteiger partial charge in [0, 0.05) is 31.8 Å². The lowest BCUT2D eigenvalue weighted by Gasteiger charge is -2.53. The van der Waals surface area contributed by atoms with Crippen LogP contribution < -0.4 is 4.74 Å². The van der Waals surface area contributed by atoms with Crippen molar-refractivity contribution in [3.63, 3.8) is 0 Å². The van der Waals surface area contributed by atoms with Crippen LogP contribution in [0.3, 0.4) is 0 Å². The molecule has 0 unspecified atom stereocenters. The number of ether oxygens (including phenoxy) is 3. The van der Waals surface area contributed by atoms with Gasteiger partial charge in [0.1, 0.15) is 11.4 Å². The number of para-hydroxylation sites is 1. The number of nitrogens with zero attached hydrogens (tertiary/aromatic N) is 2. The van der Waals surface area contributed by atoms with Gasteiger partial charge in [-0.1, -0.05) is 24.3 Å². The van der Waals surface area contributed by atoms with E-state index >= 15 is 0 Å². The van der Waals surface area contributed by atoms with Gasteiger partial charge < -0.3 is 19.1 Å². The molecule has 0 aliphatic carbocycles. The molecule has 6 nitrogen and oxygen atoms in total. The molecule has 6 heteroatoms. The van der Waals surface area contributed by atoms with Gasteiger partial charge in [0.2, 0.25) is 0 Å². The molecule has 1 amide bonds. The Hall–Kier alpha value is -2.44. The van der Waals surface area contributed by atoms with E-state index in [-0.39, 0.29) is 17.6 Å². The maximum Gasteiger partial charge on any atom is 0.264 e. The first kappa shape index (κ1) is 18.6. The lowest BCUT2D eigenvalue weighted by atomic mass is 9.84. The average Bonchev–Trinajstić information content (AvgIpc) is 3.14. The van der Waals surface area contributed by atoms with Crippen LogP contribution in [-0.2, 0) is 27.3 Å². The third-order valence-electron chi connectivity index (χ3n) is 6.06. The van der Waals surface area contributed by atoms with Crippen LogP contribution in [0, 0.1) is 6.92 Å². The minimum Gasteiger partial charge on any atom is -0.480 e.